The minimum absolute atomic E-state index is 0.106. The molecule has 0 N–H and O–H groups in total. The summed E-state index contributed by atoms with van der Waals surface area (Å²) in [5.74, 6) is -0.106. The molecule has 0 atom stereocenters. The van der Waals surface area contributed by atoms with Gasteiger partial charge in [0.2, 0.25) is 0 Å². The summed E-state index contributed by atoms with van der Waals surface area (Å²) in [4.78, 5) is 1.99. The smallest absolute Gasteiger partial charge is 0.381 e. The Bertz CT molecular complexity index is 434. The molecule has 2 rings (SSSR count). The highest BCUT2D eigenvalue weighted by molar-refractivity contribution is 7.87. The Labute approximate surface area is 90.8 Å². The van der Waals surface area contributed by atoms with Crippen LogP contribution in [0.1, 0.15) is 6.42 Å². The summed E-state index contributed by atoms with van der Waals surface area (Å²) >= 11 is 0. The molecule has 0 saturated carbocycles. The first-order chi connectivity index (χ1) is 7.14. The third kappa shape index (κ3) is 1.80. The number of halogens is 3. The van der Waals surface area contributed by atoms with Crippen molar-refractivity contribution in [1.82, 2.24) is 4.90 Å². The first-order valence-electron chi connectivity index (χ1n) is 4.55. The van der Waals surface area contributed by atoms with Gasteiger partial charge in [-0.05, 0) is 13.1 Å². The van der Waals surface area contributed by atoms with Crippen molar-refractivity contribution in [2.24, 2.45) is 5.41 Å². The maximum atomic E-state index is 12.0. The van der Waals surface area contributed by atoms with Crippen LogP contribution < -0.4 is 0 Å². The van der Waals surface area contributed by atoms with E-state index in [1.165, 1.54) is 6.08 Å². The molecule has 1 fully saturated rings. The molecule has 92 valence electrons. The lowest BCUT2D eigenvalue weighted by Crippen LogP contribution is -2.56. The second-order valence-corrected chi connectivity index (χ2v) is 5.84. The number of alkyl halides is 3. The van der Waals surface area contributed by atoms with Gasteiger partial charge in [0.25, 0.3) is 0 Å². The predicted octanol–water partition coefficient (Wildman–Crippen LogP) is 1.07. The Balaban J connectivity index is 2.00. The van der Waals surface area contributed by atoms with Gasteiger partial charge in [0.05, 0.1) is 0 Å². The number of allylic oxidation sites excluding steroid dienone is 1. The molecule has 1 heterocycles. The fourth-order valence-electron chi connectivity index (χ4n) is 2.13. The van der Waals surface area contributed by atoms with Crippen molar-refractivity contribution in [3.8, 4) is 0 Å². The third-order valence-electron chi connectivity index (χ3n) is 2.66. The van der Waals surface area contributed by atoms with Crippen LogP contribution in [-0.2, 0) is 14.3 Å². The number of hydrogen-bond acceptors (Lipinski definition) is 4. The second-order valence-electron chi connectivity index (χ2n) is 4.31. The summed E-state index contributed by atoms with van der Waals surface area (Å²) in [6.45, 7) is 1.46. The molecule has 0 unspecified atom stereocenters. The van der Waals surface area contributed by atoms with Crippen molar-refractivity contribution in [3.05, 3.63) is 11.8 Å². The summed E-state index contributed by atoms with van der Waals surface area (Å²) < 4.78 is 61.1. The van der Waals surface area contributed by atoms with Gasteiger partial charge in [0, 0.05) is 24.9 Å². The molecule has 1 aliphatic heterocycles. The van der Waals surface area contributed by atoms with E-state index in [2.05, 4.69) is 4.18 Å². The van der Waals surface area contributed by atoms with E-state index in [-0.39, 0.29) is 17.6 Å². The standard InChI is InChI=1S/C8H10F3NO3S/c1-12-4-7(5-12)2-6(3-7)15-16(13,14)8(9,10)11/h2H,3-5H2,1H3. The van der Waals surface area contributed by atoms with Crippen LogP contribution in [0.25, 0.3) is 0 Å². The summed E-state index contributed by atoms with van der Waals surface area (Å²) in [6.07, 6.45) is 1.73. The lowest BCUT2D eigenvalue weighted by molar-refractivity contribution is -0.0543. The maximum Gasteiger partial charge on any atom is 0.534 e. The van der Waals surface area contributed by atoms with E-state index in [0.29, 0.717) is 0 Å². The van der Waals surface area contributed by atoms with Crippen molar-refractivity contribution in [2.75, 3.05) is 20.1 Å². The summed E-state index contributed by atoms with van der Waals surface area (Å²) in [6, 6.07) is 0. The van der Waals surface area contributed by atoms with Crippen LogP contribution in [0, 0.1) is 5.41 Å². The average Bonchev–Trinajstić information content (AvgIpc) is 1.94. The highest BCUT2D eigenvalue weighted by Crippen LogP contribution is 2.47. The highest BCUT2D eigenvalue weighted by Gasteiger charge is 2.52. The molecule has 0 bridgehead atoms. The van der Waals surface area contributed by atoms with E-state index in [1.807, 2.05) is 11.9 Å². The van der Waals surface area contributed by atoms with Crippen molar-refractivity contribution in [2.45, 2.75) is 11.9 Å². The fourth-order valence-corrected chi connectivity index (χ4v) is 2.62. The van der Waals surface area contributed by atoms with Gasteiger partial charge in [0.1, 0.15) is 5.76 Å². The van der Waals surface area contributed by atoms with Crippen molar-refractivity contribution >= 4 is 10.1 Å². The number of hydrogen-bond donors (Lipinski definition) is 0. The largest absolute Gasteiger partial charge is 0.534 e. The molecule has 8 heteroatoms. The molecule has 16 heavy (non-hydrogen) atoms. The van der Waals surface area contributed by atoms with E-state index in [1.54, 1.807) is 0 Å². The molecule has 1 aliphatic carbocycles. The zero-order valence-electron chi connectivity index (χ0n) is 8.41. The SMILES string of the molecule is CN1CC2(C=C(OS(=O)(=O)C(F)(F)F)C2)C1. The van der Waals surface area contributed by atoms with Gasteiger partial charge in [-0.15, -0.1) is 0 Å². The van der Waals surface area contributed by atoms with Crippen molar-refractivity contribution in [3.63, 3.8) is 0 Å². The number of likely N-dealkylation sites (tertiary alicyclic amines) is 1. The third-order valence-corrected chi connectivity index (χ3v) is 3.66. The normalized spacial score (nSPS) is 24.6. The lowest BCUT2D eigenvalue weighted by atomic mass is 9.69. The van der Waals surface area contributed by atoms with Gasteiger partial charge >= 0.3 is 15.6 Å². The second kappa shape index (κ2) is 3.13. The Morgan fingerprint density at radius 2 is 1.94 bits per heavy atom. The van der Waals surface area contributed by atoms with E-state index < -0.39 is 15.6 Å². The van der Waals surface area contributed by atoms with Crippen LogP contribution in [0.2, 0.25) is 0 Å². The molecular formula is C8H10F3NO3S. The minimum atomic E-state index is -5.49. The monoisotopic (exact) mass is 257 g/mol. The van der Waals surface area contributed by atoms with Crippen LogP contribution >= 0.6 is 0 Å². The molecular weight excluding hydrogens is 247 g/mol. The molecule has 1 saturated heterocycles. The topological polar surface area (TPSA) is 46.6 Å². The molecule has 0 aromatic heterocycles. The van der Waals surface area contributed by atoms with Crippen molar-refractivity contribution < 1.29 is 25.8 Å². The highest BCUT2D eigenvalue weighted by atomic mass is 32.2. The van der Waals surface area contributed by atoms with Crippen LogP contribution in [0.15, 0.2) is 11.8 Å². The molecule has 0 radical (unpaired) electrons. The number of rotatable bonds is 2. The van der Waals surface area contributed by atoms with E-state index in [9.17, 15) is 21.6 Å². The Kier molecular flexibility index (Phi) is 2.29. The summed E-state index contributed by atoms with van der Waals surface area (Å²) in [7, 11) is -3.61. The van der Waals surface area contributed by atoms with Crippen LogP contribution in [0.3, 0.4) is 0 Å². The first-order valence-corrected chi connectivity index (χ1v) is 5.95. The maximum absolute atomic E-state index is 12.0. The van der Waals surface area contributed by atoms with Crippen LogP contribution in [0.5, 0.6) is 0 Å². The molecule has 0 amide bonds. The number of nitrogens with zero attached hydrogens (tertiary/aromatic N) is 1. The molecule has 0 aromatic carbocycles. The fraction of sp³-hybridized carbons (Fsp3) is 0.750. The molecule has 2 aliphatic rings. The average molecular weight is 257 g/mol. The van der Waals surface area contributed by atoms with Gasteiger partial charge in [-0.25, -0.2) is 0 Å². The Morgan fingerprint density at radius 1 is 1.44 bits per heavy atom. The minimum Gasteiger partial charge on any atom is -0.381 e. The Morgan fingerprint density at radius 3 is 2.31 bits per heavy atom. The zero-order chi connectivity index (χ0) is 12.2. The molecule has 4 nitrogen and oxygen atoms in total. The van der Waals surface area contributed by atoms with Crippen LogP contribution in [-0.4, -0.2) is 39.0 Å². The van der Waals surface area contributed by atoms with Gasteiger partial charge in [0.15, 0.2) is 0 Å². The quantitative estimate of drug-likeness (QED) is 0.548. The lowest BCUT2D eigenvalue weighted by Gasteiger charge is -2.51. The summed E-state index contributed by atoms with van der Waals surface area (Å²) in [5, 5.41) is 0. The Hall–Kier alpha value is -0.760. The van der Waals surface area contributed by atoms with Gasteiger partial charge in [-0.2, -0.15) is 21.6 Å². The van der Waals surface area contributed by atoms with Crippen LogP contribution in [0.4, 0.5) is 13.2 Å². The molecule has 1 spiro atoms. The first kappa shape index (κ1) is 11.7. The van der Waals surface area contributed by atoms with Gasteiger partial charge < -0.3 is 9.08 Å². The van der Waals surface area contributed by atoms with E-state index in [4.69, 9.17) is 0 Å². The van der Waals surface area contributed by atoms with Gasteiger partial charge in [-0.1, -0.05) is 0 Å². The molecule has 0 aromatic rings. The van der Waals surface area contributed by atoms with E-state index >= 15 is 0 Å². The van der Waals surface area contributed by atoms with Crippen molar-refractivity contribution in [1.29, 1.82) is 0 Å². The van der Waals surface area contributed by atoms with Gasteiger partial charge in [-0.3, -0.25) is 0 Å². The zero-order valence-corrected chi connectivity index (χ0v) is 9.23. The summed E-state index contributed by atoms with van der Waals surface area (Å²) in [5.41, 5.74) is -5.52. The van der Waals surface area contributed by atoms with E-state index in [0.717, 1.165) is 13.1 Å². The predicted molar refractivity (Wildman–Crippen MR) is 48.7 cm³/mol.